The third-order valence-corrected chi connectivity index (χ3v) is 5.52. The lowest BCUT2D eigenvalue weighted by Crippen LogP contribution is -2.19. The topological polar surface area (TPSA) is 89.5 Å². The molecule has 2 aromatic rings. The molecule has 6 rings (SSSR count). The molecule has 0 spiro atoms. The summed E-state index contributed by atoms with van der Waals surface area (Å²) in [5.74, 6) is 0.0223. The van der Waals surface area contributed by atoms with Crippen LogP contribution in [0.15, 0.2) is 36.4 Å². The van der Waals surface area contributed by atoms with Gasteiger partial charge in [0.15, 0.2) is 23.0 Å². The predicted molar refractivity (Wildman–Crippen MR) is 89.8 cm³/mol. The summed E-state index contributed by atoms with van der Waals surface area (Å²) < 4.78 is 32.6. The summed E-state index contributed by atoms with van der Waals surface area (Å²) in [5, 5.41) is 0. The Morgan fingerprint density at radius 2 is 1.04 bits per heavy atom. The van der Waals surface area contributed by atoms with Gasteiger partial charge in [-0.3, -0.25) is 9.59 Å². The number of cyclic esters (lactones) is 2. The van der Waals surface area contributed by atoms with Gasteiger partial charge < -0.3 is 28.4 Å². The lowest BCUT2D eigenvalue weighted by Gasteiger charge is -2.15. The highest BCUT2D eigenvalue weighted by atomic mass is 16.7. The maximum absolute atomic E-state index is 12.7. The molecule has 0 saturated carbocycles. The molecule has 2 fully saturated rings. The van der Waals surface area contributed by atoms with E-state index in [4.69, 9.17) is 28.4 Å². The second-order valence-corrected chi connectivity index (χ2v) is 6.99. The molecule has 8 heteroatoms. The van der Waals surface area contributed by atoms with Crippen LogP contribution < -0.4 is 18.9 Å². The van der Waals surface area contributed by atoms with Crippen LogP contribution in [0.2, 0.25) is 0 Å². The Balaban J connectivity index is 1.35. The van der Waals surface area contributed by atoms with Gasteiger partial charge in [0, 0.05) is 0 Å². The van der Waals surface area contributed by atoms with Crippen LogP contribution in [0.4, 0.5) is 0 Å². The zero-order chi connectivity index (χ0) is 18.8. The molecule has 0 radical (unpaired) electrons. The minimum absolute atomic E-state index is 0.142. The van der Waals surface area contributed by atoms with Crippen LogP contribution in [0.3, 0.4) is 0 Å². The van der Waals surface area contributed by atoms with Crippen molar-refractivity contribution in [3.05, 3.63) is 47.5 Å². The Morgan fingerprint density at radius 3 is 1.50 bits per heavy atom. The van der Waals surface area contributed by atoms with Gasteiger partial charge in [-0.05, 0) is 35.4 Å². The summed E-state index contributed by atoms with van der Waals surface area (Å²) in [5.41, 5.74) is 1.35. The first-order valence-electron chi connectivity index (χ1n) is 8.89. The molecule has 0 aromatic heterocycles. The lowest BCUT2D eigenvalue weighted by molar-refractivity contribution is -0.154. The largest absolute Gasteiger partial charge is 0.456 e. The van der Waals surface area contributed by atoms with Gasteiger partial charge in [-0.1, -0.05) is 12.1 Å². The van der Waals surface area contributed by atoms with Crippen molar-refractivity contribution in [3.8, 4) is 23.0 Å². The number of ether oxygens (including phenoxy) is 6. The number of fused-ring (bicyclic) bond motifs is 3. The Morgan fingerprint density at radius 1 is 0.607 bits per heavy atom. The van der Waals surface area contributed by atoms with E-state index in [1.165, 1.54) is 0 Å². The summed E-state index contributed by atoms with van der Waals surface area (Å²) >= 11 is 0. The predicted octanol–water partition coefficient (Wildman–Crippen LogP) is 2.27. The zero-order valence-electron chi connectivity index (χ0n) is 14.5. The van der Waals surface area contributed by atoms with Crippen LogP contribution in [0.5, 0.6) is 23.0 Å². The smallest absolute Gasteiger partial charge is 0.314 e. The summed E-state index contributed by atoms with van der Waals surface area (Å²) in [6.07, 6.45) is -1.45. The highest BCUT2D eigenvalue weighted by molar-refractivity contribution is 5.89. The number of hydrogen-bond donors (Lipinski definition) is 0. The van der Waals surface area contributed by atoms with E-state index in [9.17, 15) is 9.59 Å². The van der Waals surface area contributed by atoms with Gasteiger partial charge in [-0.15, -0.1) is 0 Å². The van der Waals surface area contributed by atoms with Crippen LogP contribution in [0.25, 0.3) is 0 Å². The van der Waals surface area contributed by atoms with Gasteiger partial charge in [0.2, 0.25) is 13.6 Å². The fourth-order valence-corrected chi connectivity index (χ4v) is 4.20. The van der Waals surface area contributed by atoms with Crippen molar-refractivity contribution in [1.82, 2.24) is 0 Å². The van der Waals surface area contributed by atoms with Gasteiger partial charge in [0.05, 0.1) is 0 Å². The number of carbonyl (C=O) groups is 2. The first-order valence-corrected chi connectivity index (χ1v) is 8.89. The quantitative estimate of drug-likeness (QED) is 0.731. The van der Waals surface area contributed by atoms with Gasteiger partial charge in [-0.2, -0.15) is 0 Å². The monoisotopic (exact) mass is 382 g/mol. The number of hydrogen-bond acceptors (Lipinski definition) is 8. The first kappa shape index (κ1) is 15.6. The Bertz CT molecular complexity index is 934. The van der Waals surface area contributed by atoms with Crippen molar-refractivity contribution in [3.63, 3.8) is 0 Å². The molecular weight excluding hydrogens is 368 g/mol. The van der Waals surface area contributed by atoms with Crippen LogP contribution in [-0.2, 0) is 19.1 Å². The summed E-state index contributed by atoms with van der Waals surface area (Å²) in [7, 11) is 0. The third-order valence-electron chi connectivity index (χ3n) is 5.52. The van der Waals surface area contributed by atoms with Crippen molar-refractivity contribution in [2.24, 2.45) is 11.8 Å². The number of esters is 2. The first-order chi connectivity index (χ1) is 13.7. The molecule has 2 saturated heterocycles. The number of carbonyl (C=O) groups excluding carboxylic acids is 2. The fourth-order valence-electron chi connectivity index (χ4n) is 4.20. The van der Waals surface area contributed by atoms with Gasteiger partial charge >= 0.3 is 11.9 Å². The van der Waals surface area contributed by atoms with E-state index < -0.39 is 36.0 Å². The molecule has 142 valence electrons. The minimum atomic E-state index is -0.724. The van der Waals surface area contributed by atoms with Crippen LogP contribution in [0, 0.1) is 11.8 Å². The van der Waals surface area contributed by atoms with E-state index in [1.807, 2.05) is 0 Å². The van der Waals surface area contributed by atoms with E-state index >= 15 is 0 Å². The molecule has 4 heterocycles. The number of rotatable bonds is 2. The normalized spacial score (nSPS) is 28.9. The Hall–Kier alpha value is -3.42. The molecule has 0 aliphatic carbocycles. The van der Waals surface area contributed by atoms with E-state index in [1.54, 1.807) is 36.4 Å². The van der Waals surface area contributed by atoms with Gasteiger partial charge in [-0.25, -0.2) is 0 Å². The molecule has 0 amide bonds. The molecule has 4 atom stereocenters. The summed E-state index contributed by atoms with van der Waals surface area (Å²) in [4.78, 5) is 25.3. The summed E-state index contributed by atoms with van der Waals surface area (Å²) in [6, 6.07) is 10.5. The molecule has 0 unspecified atom stereocenters. The van der Waals surface area contributed by atoms with Crippen LogP contribution in [-0.4, -0.2) is 25.5 Å². The zero-order valence-corrected chi connectivity index (χ0v) is 14.5. The fraction of sp³-hybridized carbons (Fsp3) is 0.300. The van der Waals surface area contributed by atoms with E-state index in [0.717, 1.165) is 0 Å². The minimum Gasteiger partial charge on any atom is -0.456 e. The molecular formula is C20H14O8. The average molecular weight is 382 g/mol. The van der Waals surface area contributed by atoms with E-state index in [2.05, 4.69) is 0 Å². The second-order valence-electron chi connectivity index (χ2n) is 6.99. The van der Waals surface area contributed by atoms with Crippen molar-refractivity contribution in [2.45, 2.75) is 12.2 Å². The van der Waals surface area contributed by atoms with Crippen LogP contribution in [0.1, 0.15) is 23.3 Å². The van der Waals surface area contributed by atoms with Gasteiger partial charge in [0.1, 0.15) is 24.0 Å². The maximum atomic E-state index is 12.7. The number of benzene rings is 2. The maximum Gasteiger partial charge on any atom is 0.314 e. The molecule has 28 heavy (non-hydrogen) atoms. The molecule has 0 bridgehead atoms. The molecule has 8 nitrogen and oxygen atoms in total. The van der Waals surface area contributed by atoms with Crippen molar-refractivity contribution >= 4 is 11.9 Å². The van der Waals surface area contributed by atoms with E-state index in [0.29, 0.717) is 34.1 Å². The van der Waals surface area contributed by atoms with Crippen molar-refractivity contribution < 1.29 is 38.0 Å². The van der Waals surface area contributed by atoms with E-state index in [-0.39, 0.29) is 13.6 Å². The van der Waals surface area contributed by atoms with Crippen LogP contribution >= 0.6 is 0 Å². The molecule has 2 aromatic carbocycles. The summed E-state index contributed by atoms with van der Waals surface area (Å²) in [6.45, 7) is 0.285. The highest BCUT2D eigenvalue weighted by Gasteiger charge is 2.60. The molecule has 0 N–H and O–H groups in total. The molecule has 4 aliphatic rings. The Labute approximate surface area is 158 Å². The van der Waals surface area contributed by atoms with Crippen molar-refractivity contribution in [1.29, 1.82) is 0 Å². The lowest BCUT2D eigenvalue weighted by atomic mass is 9.84. The van der Waals surface area contributed by atoms with Crippen molar-refractivity contribution in [2.75, 3.05) is 13.6 Å². The average Bonchev–Trinajstić information content (AvgIpc) is 3.46. The third kappa shape index (κ3) is 2.11. The SMILES string of the molecule is O=C1O[C@@H](c2ccc3c(c2)OCO3)[C@H]2C(=O)O[C@H](c3ccc4c(c3)OCO4)[C@@H]12. The molecule has 4 aliphatic heterocycles. The second kappa shape index (κ2) is 5.54. The highest BCUT2D eigenvalue weighted by Crippen LogP contribution is 2.53. The van der Waals surface area contributed by atoms with Gasteiger partial charge in [0.25, 0.3) is 0 Å². The Kier molecular flexibility index (Phi) is 3.09. The standard InChI is InChI=1S/C20H14O8/c21-19-15-16(18(28-19)10-2-4-12-14(6-10)26-8-24-12)20(22)27-17(15)9-1-3-11-13(5-9)25-7-23-11/h1-6,15-18H,7-8H2/t15-,16-,17-,18+/m0/s1.